The Morgan fingerprint density at radius 2 is 1.45 bits per heavy atom. The number of anilines is 4. The molecule has 164 valence electrons. The van der Waals surface area contributed by atoms with Gasteiger partial charge in [0.15, 0.2) is 0 Å². The summed E-state index contributed by atoms with van der Waals surface area (Å²) in [7, 11) is -2.19. The summed E-state index contributed by atoms with van der Waals surface area (Å²) in [4.78, 5) is 7.64. The fraction of sp³-hybridized carbons (Fsp3) is 0. The van der Waals surface area contributed by atoms with E-state index in [0.717, 1.165) is 53.3 Å². The van der Waals surface area contributed by atoms with Crippen molar-refractivity contribution in [2.24, 2.45) is 0 Å². The van der Waals surface area contributed by atoms with Gasteiger partial charge in [0.2, 0.25) is 10.3 Å². The Balaban J connectivity index is 0.000000139. The largest absolute Gasteiger partial charge is 0.399 e. The second-order valence-corrected chi connectivity index (χ2v) is 10.4. The SMILES string of the molecule is Nc1ccc2c(c1)Sc1cc(N)ccc1N2.O=S(=O)=c1ccc2nc3ccccc3sc-2c1. The number of nitrogens with one attached hydrogen (secondary N) is 1. The number of benzene rings is 4. The molecule has 0 radical (unpaired) electrons. The van der Waals surface area contributed by atoms with Gasteiger partial charge in [-0.1, -0.05) is 23.9 Å². The first-order chi connectivity index (χ1) is 16.0. The van der Waals surface area contributed by atoms with Gasteiger partial charge in [-0.25, -0.2) is 4.98 Å². The average molecular weight is 491 g/mol. The summed E-state index contributed by atoms with van der Waals surface area (Å²) in [6.45, 7) is 0. The van der Waals surface area contributed by atoms with Crippen LogP contribution in [0.3, 0.4) is 0 Å². The molecule has 0 spiro atoms. The molecular formula is C24H18N4O2S3. The van der Waals surface area contributed by atoms with Gasteiger partial charge in [-0.05, 0) is 66.7 Å². The van der Waals surface area contributed by atoms with Gasteiger partial charge in [-0.15, -0.1) is 11.3 Å². The molecule has 0 bridgehead atoms. The van der Waals surface area contributed by atoms with E-state index < -0.39 is 10.3 Å². The first-order valence-electron chi connectivity index (χ1n) is 9.92. The number of nitrogens with two attached hydrogens (primary N) is 2. The van der Waals surface area contributed by atoms with E-state index in [1.54, 1.807) is 41.3 Å². The standard InChI is InChI=1S/C12H11N3S.C12H7NO2S2/c13-7-1-3-9-11(5-7)16-12-6-8(14)2-4-10(12)15-9;14-17(15)8-5-6-10-12(7-8)16-11-4-2-1-3-9(11)13-10/h1-6,15H,13-14H2;1-7H. The lowest BCUT2D eigenvalue weighted by Gasteiger charge is -2.21. The van der Waals surface area contributed by atoms with Gasteiger partial charge in [0.05, 0.1) is 36.7 Å². The zero-order valence-corrected chi connectivity index (χ0v) is 19.6. The number of fused-ring (bicyclic) bond motifs is 4. The Morgan fingerprint density at radius 3 is 2.12 bits per heavy atom. The molecule has 0 saturated heterocycles. The highest BCUT2D eigenvalue weighted by Crippen LogP contribution is 2.45. The van der Waals surface area contributed by atoms with Crippen molar-refractivity contribution < 1.29 is 8.42 Å². The first kappa shape index (κ1) is 21.3. The van der Waals surface area contributed by atoms with Crippen molar-refractivity contribution in [2.75, 3.05) is 16.8 Å². The first-order valence-corrected chi connectivity index (χ1v) is 12.6. The molecule has 6 nitrogen and oxygen atoms in total. The predicted molar refractivity (Wildman–Crippen MR) is 138 cm³/mol. The van der Waals surface area contributed by atoms with Gasteiger partial charge in [0.1, 0.15) is 0 Å². The quantitative estimate of drug-likeness (QED) is 0.139. The molecule has 9 heteroatoms. The fourth-order valence-corrected chi connectivity index (χ4v) is 5.93. The number of nitrogen functional groups attached to an aromatic ring is 2. The van der Waals surface area contributed by atoms with Crippen molar-refractivity contribution in [3.63, 3.8) is 0 Å². The van der Waals surface area contributed by atoms with Crippen molar-refractivity contribution in [3.8, 4) is 10.6 Å². The molecule has 0 atom stereocenters. The Hall–Kier alpha value is -3.53. The van der Waals surface area contributed by atoms with Crippen molar-refractivity contribution in [1.82, 2.24) is 4.98 Å². The molecule has 0 fully saturated rings. The number of hydrogen-bond donors (Lipinski definition) is 3. The van der Waals surface area contributed by atoms with Gasteiger partial charge in [-0.3, -0.25) is 0 Å². The number of rotatable bonds is 0. The molecule has 2 aliphatic heterocycles. The summed E-state index contributed by atoms with van der Waals surface area (Å²) < 4.78 is 23.1. The summed E-state index contributed by atoms with van der Waals surface area (Å²) in [5.74, 6) is 0. The molecule has 3 aliphatic rings. The molecule has 0 aromatic heterocycles. The van der Waals surface area contributed by atoms with Crippen molar-refractivity contribution in [3.05, 3.63) is 83.4 Å². The maximum atomic E-state index is 10.9. The Morgan fingerprint density at radius 1 is 0.788 bits per heavy atom. The minimum absolute atomic E-state index is 0.297. The highest BCUT2D eigenvalue weighted by Gasteiger charge is 2.15. The van der Waals surface area contributed by atoms with Gasteiger partial charge in [0, 0.05) is 21.2 Å². The third-order valence-electron chi connectivity index (χ3n) is 4.95. The second kappa shape index (κ2) is 8.78. The monoisotopic (exact) mass is 490 g/mol. The lowest BCUT2D eigenvalue weighted by molar-refractivity contribution is 0.625. The van der Waals surface area contributed by atoms with E-state index in [1.165, 1.54) is 0 Å². The lowest BCUT2D eigenvalue weighted by Crippen LogP contribution is -2.01. The zero-order chi connectivity index (χ0) is 22.9. The van der Waals surface area contributed by atoms with Gasteiger partial charge < -0.3 is 16.8 Å². The summed E-state index contributed by atoms with van der Waals surface area (Å²) in [6, 6.07) is 24.5. The topological polar surface area (TPSA) is 111 Å². The number of para-hydroxylation sites is 1. The van der Waals surface area contributed by atoms with Crippen molar-refractivity contribution in [2.45, 2.75) is 9.79 Å². The molecule has 2 heterocycles. The lowest BCUT2D eigenvalue weighted by atomic mass is 10.2. The van der Waals surface area contributed by atoms with Crippen LogP contribution in [-0.2, 0) is 10.3 Å². The number of nitrogens with zero attached hydrogens (tertiary/aromatic N) is 1. The van der Waals surface area contributed by atoms with Gasteiger partial charge in [-0.2, -0.15) is 8.42 Å². The normalized spacial score (nSPS) is 11.6. The molecular weight excluding hydrogens is 472 g/mol. The molecule has 33 heavy (non-hydrogen) atoms. The summed E-state index contributed by atoms with van der Waals surface area (Å²) >= 11 is 3.24. The third-order valence-corrected chi connectivity index (χ3v) is 7.82. The maximum Gasteiger partial charge on any atom is 0.221 e. The third kappa shape index (κ3) is 4.51. The predicted octanol–water partition coefficient (Wildman–Crippen LogP) is 5.87. The zero-order valence-electron chi connectivity index (χ0n) is 17.1. The van der Waals surface area contributed by atoms with Crippen LogP contribution in [0, 0.1) is 4.51 Å². The van der Waals surface area contributed by atoms with Gasteiger partial charge in [0.25, 0.3) is 0 Å². The maximum absolute atomic E-state index is 10.9. The van der Waals surface area contributed by atoms with Crippen LogP contribution in [0.2, 0.25) is 0 Å². The fourth-order valence-electron chi connectivity index (χ4n) is 3.37. The number of aromatic nitrogens is 1. The molecule has 5 N–H and O–H groups in total. The smallest absolute Gasteiger partial charge is 0.221 e. The van der Waals surface area contributed by atoms with Crippen molar-refractivity contribution >= 4 is 66.4 Å². The van der Waals surface area contributed by atoms with E-state index >= 15 is 0 Å². The van der Waals surface area contributed by atoms with Crippen LogP contribution in [0.1, 0.15) is 0 Å². The molecule has 0 amide bonds. The van der Waals surface area contributed by atoms with Crippen molar-refractivity contribution in [1.29, 1.82) is 0 Å². The molecule has 1 aliphatic carbocycles. The molecule has 0 unspecified atom stereocenters. The minimum Gasteiger partial charge on any atom is -0.399 e. The van der Waals surface area contributed by atoms with Crippen LogP contribution in [0.15, 0.2) is 88.7 Å². The summed E-state index contributed by atoms with van der Waals surface area (Å²) in [6.07, 6.45) is 0. The Kier molecular flexibility index (Phi) is 5.67. The van der Waals surface area contributed by atoms with Gasteiger partial charge >= 0.3 is 0 Å². The van der Waals surface area contributed by atoms with E-state index in [-0.39, 0.29) is 0 Å². The minimum atomic E-state index is -2.19. The molecule has 0 saturated carbocycles. The number of hydrogen-bond acceptors (Lipinski definition) is 8. The molecule has 3 aromatic carbocycles. The Bertz CT molecular complexity index is 1610. The van der Waals surface area contributed by atoms with E-state index in [4.69, 9.17) is 11.5 Å². The van der Waals surface area contributed by atoms with Crippen LogP contribution in [0.5, 0.6) is 0 Å². The average Bonchev–Trinajstić information content (AvgIpc) is 2.81. The summed E-state index contributed by atoms with van der Waals surface area (Å²) in [5, 5.41) is 3.36. The highest BCUT2D eigenvalue weighted by atomic mass is 32.2. The van der Waals surface area contributed by atoms with Crippen LogP contribution >= 0.6 is 23.1 Å². The molecule has 6 rings (SSSR count). The van der Waals surface area contributed by atoms with Crippen LogP contribution in [-0.4, -0.2) is 13.4 Å². The van der Waals surface area contributed by atoms with Crippen LogP contribution in [0.25, 0.3) is 20.8 Å². The summed E-state index contributed by atoms with van der Waals surface area (Å²) in [5.41, 5.74) is 17.0. The second-order valence-electron chi connectivity index (χ2n) is 7.28. The van der Waals surface area contributed by atoms with E-state index in [9.17, 15) is 8.42 Å². The van der Waals surface area contributed by atoms with E-state index in [2.05, 4.69) is 10.3 Å². The van der Waals surface area contributed by atoms with Crippen LogP contribution < -0.4 is 16.8 Å². The molecule has 3 aromatic rings. The Labute approximate surface area is 199 Å². The van der Waals surface area contributed by atoms with E-state index in [1.807, 2.05) is 60.7 Å². The highest BCUT2D eigenvalue weighted by molar-refractivity contribution is 7.99. The van der Waals surface area contributed by atoms with Crippen LogP contribution in [0.4, 0.5) is 22.7 Å². The van der Waals surface area contributed by atoms with E-state index in [0.29, 0.717) is 4.51 Å².